The summed E-state index contributed by atoms with van der Waals surface area (Å²) in [6, 6.07) is 2.21. The Bertz CT molecular complexity index is 640. The summed E-state index contributed by atoms with van der Waals surface area (Å²) in [5.41, 5.74) is 0.850. The molecular formula is C14H15BrN2O2S2. The highest BCUT2D eigenvalue weighted by Gasteiger charge is 2.24. The van der Waals surface area contributed by atoms with Gasteiger partial charge in [-0.05, 0) is 28.9 Å². The molecule has 1 aliphatic heterocycles. The van der Waals surface area contributed by atoms with Crippen LogP contribution in [-0.2, 0) is 16.0 Å². The molecule has 1 amide bonds. The zero-order valence-electron chi connectivity index (χ0n) is 11.5. The number of nitrogens with zero attached hydrogens (tertiary/aromatic N) is 2. The summed E-state index contributed by atoms with van der Waals surface area (Å²) in [6.07, 6.45) is 0.368. The molecular weight excluding hydrogens is 372 g/mol. The van der Waals surface area contributed by atoms with Crippen LogP contribution in [0.1, 0.15) is 12.6 Å². The molecule has 112 valence electrons. The maximum absolute atomic E-state index is 12.4. The molecule has 1 saturated heterocycles. The van der Waals surface area contributed by atoms with Gasteiger partial charge >= 0.3 is 0 Å². The van der Waals surface area contributed by atoms with Gasteiger partial charge in [-0.15, -0.1) is 22.7 Å². The van der Waals surface area contributed by atoms with E-state index < -0.39 is 0 Å². The summed E-state index contributed by atoms with van der Waals surface area (Å²) in [5.74, 6) is 0.134. The molecule has 7 heteroatoms. The van der Waals surface area contributed by atoms with Crippen molar-refractivity contribution in [1.82, 2.24) is 9.88 Å². The normalized spacial score (nSPS) is 19.0. The van der Waals surface area contributed by atoms with Crippen molar-refractivity contribution in [3.63, 3.8) is 0 Å². The molecule has 3 rings (SSSR count). The Morgan fingerprint density at radius 1 is 1.52 bits per heavy atom. The molecule has 4 nitrogen and oxygen atoms in total. The van der Waals surface area contributed by atoms with Gasteiger partial charge in [0.1, 0.15) is 5.01 Å². The van der Waals surface area contributed by atoms with Crippen LogP contribution in [0.25, 0.3) is 9.88 Å². The topological polar surface area (TPSA) is 42.4 Å². The Morgan fingerprint density at radius 2 is 2.38 bits per heavy atom. The van der Waals surface area contributed by atoms with Gasteiger partial charge in [-0.1, -0.05) is 0 Å². The molecule has 2 aromatic rings. The van der Waals surface area contributed by atoms with Crippen LogP contribution in [0.4, 0.5) is 0 Å². The van der Waals surface area contributed by atoms with Crippen molar-refractivity contribution in [3.8, 4) is 9.88 Å². The third-order valence-corrected chi connectivity index (χ3v) is 6.10. The molecule has 0 spiro atoms. The van der Waals surface area contributed by atoms with Crippen LogP contribution in [0.5, 0.6) is 0 Å². The monoisotopic (exact) mass is 386 g/mol. The number of halogens is 1. The molecule has 2 aromatic heterocycles. The van der Waals surface area contributed by atoms with Gasteiger partial charge in [-0.2, -0.15) is 0 Å². The summed E-state index contributed by atoms with van der Waals surface area (Å²) < 4.78 is 6.43. The SMILES string of the molecule is C[C@@H]1COCCN1C(=O)Cc1csc(-c2cc(Br)cs2)n1. The number of ether oxygens (including phenoxy) is 1. The number of thiophene rings is 1. The van der Waals surface area contributed by atoms with Gasteiger partial charge in [-0.3, -0.25) is 4.79 Å². The van der Waals surface area contributed by atoms with Crippen molar-refractivity contribution in [1.29, 1.82) is 0 Å². The zero-order valence-corrected chi connectivity index (χ0v) is 14.8. The van der Waals surface area contributed by atoms with Gasteiger partial charge in [0.05, 0.1) is 36.2 Å². The average Bonchev–Trinajstić information content (AvgIpc) is 3.08. The van der Waals surface area contributed by atoms with Crippen LogP contribution >= 0.6 is 38.6 Å². The first-order chi connectivity index (χ1) is 10.1. The molecule has 0 aliphatic carbocycles. The van der Waals surface area contributed by atoms with Gasteiger partial charge in [0, 0.05) is 21.8 Å². The average molecular weight is 387 g/mol. The molecule has 0 N–H and O–H groups in total. The fourth-order valence-corrected chi connectivity index (χ4v) is 4.61. The Hall–Kier alpha value is -0.760. The van der Waals surface area contributed by atoms with E-state index in [0.29, 0.717) is 26.2 Å². The molecule has 0 unspecified atom stereocenters. The van der Waals surface area contributed by atoms with Crippen molar-refractivity contribution in [2.24, 2.45) is 0 Å². The molecule has 1 atom stereocenters. The maximum atomic E-state index is 12.4. The number of carbonyl (C=O) groups is 1. The van der Waals surface area contributed by atoms with E-state index in [1.54, 1.807) is 22.7 Å². The van der Waals surface area contributed by atoms with Crippen molar-refractivity contribution < 1.29 is 9.53 Å². The van der Waals surface area contributed by atoms with Crippen molar-refractivity contribution >= 4 is 44.5 Å². The molecule has 0 aromatic carbocycles. The third-order valence-electron chi connectivity index (χ3n) is 3.35. The lowest BCUT2D eigenvalue weighted by Crippen LogP contribution is -2.47. The second-order valence-electron chi connectivity index (χ2n) is 4.96. The minimum Gasteiger partial charge on any atom is -0.377 e. The number of rotatable bonds is 3. The molecule has 0 saturated carbocycles. The minimum atomic E-state index is 0.134. The van der Waals surface area contributed by atoms with Crippen LogP contribution in [0.2, 0.25) is 0 Å². The Balaban J connectivity index is 1.68. The highest BCUT2D eigenvalue weighted by molar-refractivity contribution is 9.10. The van der Waals surface area contributed by atoms with E-state index in [9.17, 15) is 4.79 Å². The summed E-state index contributed by atoms with van der Waals surface area (Å²) in [4.78, 5) is 20.0. The van der Waals surface area contributed by atoms with Crippen molar-refractivity contribution in [2.45, 2.75) is 19.4 Å². The number of thiazole rings is 1. The maximum Gasteiger partial charge on any atom is 0.229 e. The van der Waals surface area contributed by atoms with E-state index in [1.807, 2.05) is 22.6 Å². The van der Waals surface area contributed by atoms with Gasteiger partial charge in [0.25, 0.3) is 0 Å². The van der Waals surface area contributed by atoms with Gasteiger partial charge in [0.15, 0.2) is 0 Å². The van der Waals surface area contributed by atoms with Crippen LogP contribution in [-0.4, -0.2) is 41.6 Å². The number of hydrogen-bond acceptors (Lipinski definition) is 5. The second kappa shape index (κ2) is 6.56. The summed E-state index contributed by atoms with van der Waals surface area (Å²) >= 11 is 6.69. The van der Waals surface area contributed by atoms with E-state index in [1.165, 1.54) is 0 Å². The van der Waals surface area contributed by atoms with Crippen LogP contribution in [0.15, 0.2) is 21.3 Å². The largest absolute Gasteiger partial charge is 0.377 e. The lowest BCUT2D eigenvalue weighted by atomic mass is 10.2. The van der Waals surface area contributed by atoms with Gasteiger partial charge < -0.3 is 9.64 Å². The molecule has 0 bridgehead atoms. The van der Waals surface area contributed by atoms with Gasteiger partial charge in [-0.25, -0.2) is 4.98 Å². The molecule has 1 fully saturated rings. The quantitative estimate of drug-likeness (QED) is 0.811. The predicted octanol–water partition coefficient (Wildman–Crippen LogP) is 3.42. The molecule has 21 heavy (non-hydrogen) atoms. The molecule has 3 heterocycles. The highest BCUT2D eigenvalue weighted by Crippen LogP contribution is 2.32. The fourth-order valence-electron chi connectivity index (χ4n) is 2.28. The van der Waals surface area contributed by atoms with E-state index >= 15 is 0 Å². The third kappa shape index (κ3) is 3.53. The van der Waals surface area contributed by atoms with E-state index in [-0.39, 0.29) is 11.9 Å². The van der Waals surface area contributed by atoms with Crippen molar-refractivity contribution in [2.75, 3.05) is 19.8 Å². The Labute approximate surface area is 139 Å². The van der Waals surface area contributed by atoms with Crippen LogP contribution in [0, 0.1) is 0 Å². The number of amides is 1. The molecule has 1 aliphatic rings. The highest BCUT2D eigenvalue weighted by atomic mass is 79.9. The Kier molecular flexibility index (Phi) is 4.73. The summed E-state index contributed by atoms with van der Waals surface area (Å²) in [5, 5.41) is 4.99. The standard InChI is InChI=1S/C14H15BrN2O2S2/c1-9-6-19-3-2-17(9)13(18)5-11-8-21-14(16-11)12-4-10(15)7-20-12/h4,7-9H,2-3,5-6H2,1H3/t9-/m1/s1. The number of carbonyl (C=O) groups excluding carboxylic acids is 1. The van der Waals surface area contributed by atoms with E-state index in [2.05, 4.69) is 27.0 Å². The minimum absolute atomic E-state index is 0.134. The van der Waals surface area contributed by atoms with E-state index in [0.717, 1.165) is 20.1 Å². The fraction of sp³-hybridized carbons (Fsp3) is 0.429. The first-order valence-electron chi connectivity index (χ1n) is 6.69. The zero-order chi connectivity index (χ0) is 14.8. The molecule has 0 radical (unpaired) electrons. The van der Waals surface area contributed by atoms with Crippen LogP contribution in [0.3, 0.4) is 0 Å². The number of morpholine rings is 1. The number of hydrogen-bond donors (Lipinski definition) is 0. The second-order valence-corrected chi connectivity index (χ2v) is 7.65. The van der Waals surface area contributed by atoms with Crippen LogP contribution < -0.4 is 0 Å². The van der Waals surface area contributed by atoms with Gasteiger partial charge in [0.2, 0.25) is 5.91 Å². The van der Waals surface area contributed by atoms with Crippen molar-refractivity contribution in [3.05, 3.63) is 27.0 Å². The van der Waals surface area contributed by atoms with E-state index in [4.69, 9.17) is 4.74 Å². The predicted molar refractivity (Wildman–Crippen MR) is 88.8 cm³/mol. The first-order valence-corrected chi connectivity index (χ1v) is 9.25. The summed E-state index contributed by atoms with van der Waals surface area (Å²) in [6.45, 7) is 3.94. The lowest BCUT2D eigenvalue weighted by Gasteiger charge is -2.33. The Morgan fingerprint density at radius 3 is 3.10 bits per heavy atom. The lowest BCUT2D eigenvalue weighted by molar-refractivity contribution is -0.138. The first kappa shape index (κ1) is 15.1. The smallest absolute Gasteiger partial charge is 0.229 e. The number of aromatic nitrogens is 1. The summed E-state index contributed by atoms with van der Waals surface area (Å²) in [7, 11) is 0.